The van der Waals surface area contributed by atoms with Gasteiger partial charge in [0.15, 0.2) is 0 Å². The molecule has 1 N–H and O–H groups in total. The highest BCUT2D eigenvalue weighted by molar-refractivity contribution is 8.00. The summed E-state index contributed by atoms with van der Waals surface area (Å²) in [6.45, 7) is 2.80. The van der Waals surface area contributed by atoms with Gasteiger partial charge in [-0.3, -0.25) is 4.90 Å². The van der Waals surface area contributed by atoms with Crippen molar-refractivity contribution in [1.29, 1.82) is 0 Å². The number of thioether (sulfide) groups is 1. The Hall–Kier alpha value is -0.810. The van der Waals surface area contributed by atoms with Crippen LogP contribution in [0.25, 0.3) is 0 Å². The molecule has 0 aromatic heterocycles. The van der Waals surface area contributed by atoms with Crippen molar-refractivity contribution in [2.45, 2.75) is 34.2 Å². The highest BCUT2D eigenvalue weighted by Crippen LogP contribution is 2.36. The number of hydrogen-bond acceptors (Lipinski definition) is 5. The largest absolute Gasteiger partial charge is 0.446 e. The molecule has 0 amide bonds. The summed E-state index contributed by atoms with van der Waals surface area (Å²) in [6.07, 6.45) is 1.60. The van der Waals surface area contributed by atoms with Crippen LogP contribution in [0.4, 0.5) is 13.2 Å². The first-order valence-electron chi connectivity index (χ1n) is 7.79. The number of piperidine rings is 1. The number of methoxy groups -OCH3 is 1. The Kier molecular flexibility index (Phi) is 7.15. The van der Waals surface area contributed by atoms with Gasteiger partial charge in [0.2, 0.25) is 10.0 Å². The number of sulfonamides is 1. The molecule has 0 radical (unpaired) electrons. The minimum Gasteiger partial charge on any atom is -0.383 e. The lowest BCUT2D eigenvalue weighted by molar-refractivity contribution is -0.0328. The second kappa shape index (κ2) is 8.72. The third kappa shape index (κ3) is 6.78. The van der Waals surface area contributed by atoms with E-state index in [0.717, 1.165) is 25.9 Å². The van der Waals surface area contributed by atoms with Crippen molar-refractivity contribution in [1.82, 2.24) is 9.62 Å². The molecule has 1 aromatic carbocycles. The van der Waals surface area contributed by atoms with E-state index in [9.17, 15) is 21.6 Å². The predicted octanol–water partition coefficient (Wildman–Crippen LogP) is 2.69. The van der Waals surface area contributed by atoms with E-state index in [0.29, 0.717) is 13.2 Å². The summed E-state index contributed by atoms with van der Waals surface area (Å²) in [5.41, 5.74) is -4.40. The third-order valence-corrected chi connectivity index (χ3v) is 6.08. The maximum atomic E-state index is 12.4. The van der Waals surface area contributed by atoms with E-state index in [-0.39, 0.29) is 27.6 Å². The molecular formula is C15H21F3N2O3S2. The molecule has 2 rings (SSSR count). The lowest BCUT2D eigenvalue weighted by Gasteiger charge is -2.32. The summed E-state index contributed by atoms with van der Waals surface area (Å²) in [7, 11) is -2.15. The SMILES string of the molecule is COCCN1CCC[C@H](NS(=O)(=O)c2ccc(SC(F)(F)F)cc2)C1. The standard InChI is InChI=1S/C15H21F3N2O3S2/c1-23-10-9-20-8-2-3-12(11-20)19-25(21,22)14-6-4-13(5-7-14)24-15(16,17)18/h4-7,12,19H,2-3,8-11H2,1H3/t12-/m0/s1. The number of nitrogens with one attached hydrogen (secondary N) is 1. The molecule has 1 saturated heterocycles. The Morgan fingerprint density at radius 2 is 2.00 bits per heavy atom. The number of alkyl halides is 3. The van der Waals surface area contributed by atoms with Gasteiger partial charge in [0, 0.05) is 31.1 Å². The van der Waals surface area contributed by atoms with E-state index >= 15 is 0 Å². The summed E-state index contributed by atoms with van der Waals surface area (Å²) in [5.74, 6) is 0. The minimum atomic E-state index is -4.40. The summed E-state index contributed by atoms with van der Waals surface area (Å²) >= 11 is -0.270. The van der Waals surface area contributed by atoms with Crippen LogP contribution in [0, 0.1) is 0 Å². The topological polar surface area (TPSA) is 58.6 Å². The molecule has 0 bridgehead atoms. The molecule has 1 aliphatic heterocycles. The fourth-order valence-corrected chi connectivity index (χ4v) is 4.48. The van der Waals surface area contributed by atoms with Crippen molar-refractivity contribution in [3.05, 3.63) is 24.3 Å². The molecule has 1 fully saturated rings. The van der Waals surface area contributed by atoms with Gasteiger partial charge in [0.25, 0.3) is 0 Å². The zero-order valence-corrected chi connectivity index (χ0v) is 15.4. The lowest BCUT2D eigenvalue weighted by Crippen LogP contribution is -2.48. The second-order valence-corrected chi connectivity index (χ2v) is 8.63. The van der Waals surface area contributed by atoms with E-state index in [1.165, 1.54) is 24.3 Å². The van der Waals surface area contributed by atoms with Crippen LogP contribution in [-0.2, 0) is 14.8 Å². The fraction of sp³-hybridized carbons (Fsp3) is 0.600. The maximum Gasteiger partial charge on any atom is 0.446 e. The van der Waals surface area contributed by atoms with Crippen LogP contribution in [-0.4, -0.2) is 58.2 Å². The molecule has 10 heteroatoms. The smallest absolute Gasteiger partial charge is 0.383 e. The van der Waals surface area contributed by atoms with Crippen LogP contribution in [0.3, 0.4) is 0 Å². The van der Waals surface area contributed by atoms with Gasteiger partial charge in [-0.05, 0) is 55.4 Å². The normalized spacial score (nSPS) is 19.9. The van der Waals surface area contributed by atoms with Gasteiger partial charge >= 0.3 is 5.51 Å². The van der Waals surface area contributed by atoms with Crippen molar-refractivity contribution < 1.29 is 26.3 Å². The number of rotatable bonds is 7. The average Bonchev–Trinajstić information content (AvgIpc) is 2.52. The molecule has 25 heavy (non-hydrogen) atoms. The molecule has 0 spiro atoms. The molecule has 1 atom stereocenters. The quantitative estimate of drug-likeness (QED) is 0.716. The van der Waals surface area contributed by atoms with Crippen LogP contribution in [0.2, 0.25) is 0 Å². The molecule has 5 nitrogen and oxygen atoms in total. The predicted molar refractivity (Wildman–Crippen MR) is 90.0 cm³/mol. The van der Waals surface area contributed by atoms with Gasteiger partial charge in [-0.15, -0.1) is 0 Å². The third-order valence-electron chi connectivity index (χ3n) is 3.81. The van der Waals surface area contributed by atoms with E-state index in [1.54, 1.807) is 7.11 Å². The highest BCUT2D eigenvalue weighted by Gasteiger charge is 2.30. The summed E-state index contributed by atoms with van der Waals surface area (Å²) in [5, 5.41) is 0. The average molecular weight is 398 g/mol. The number of hydrogen-bond donors (Lipinski definition) is 1. The van der Waals surface area contributed by atoms with Crippen LogP contribution in [0.1, 0.15) is 12.8 Å². The fourth-order valence-electron chi connectivity index (χ4n) is 2.68. The highest BCUT2D eigenvalue weighted by atomic mass is 32.2. The number of benzene rings is 1. The van der Waals surface area contributed by atoms with Crippen LogP contribution in [0.15, 0.2) is 34.1 Å². The Morgan fingerprint density at radius 1 is 1.32 bits per heavy atom. The van der Waals surface area contributed by atoms with Crippen molar-refractivity contribution in [2.24, 2.45) is 0 Å². The number of halogens is 3. The summed E-state index contributed by atoms with van der Waals surface area (Å²) in [6, 6.07) is 4.50. The molecule has 1 heterocycles. The zero-order valence-electron chi connectivity index (χ0n) is 13.8. The zero-order chi connectivity index (χ0) is 18.5. The Labute approximate surface area is 150 Å². The van der Waals surface area contributed by atoms with E-state index < -0.39 is 15.5 Å². The number of nitrogens with zero attached hydrogens (tertiary/aromatic N) is 1. The first-order valence-corrected chi connectivity index (χ1v) is 10.1. The maximum absolute atomic E-state index is 12.4. The van der Waals surface area contributed by atoms with Gasteiger partial charge in [0.1, 0.15) is 0 Å². The molecular weight excluding hydrogens is 377 g/mol. The molecule has 0 aliphatic carbocycles. The first kappa shape index (κ1) is 20.5. The lowest BCUT2D eigenvalue weighted by atomic mass is 10.1. The number of likely N-dealkylation sites (tertiary alicyclic amines) is 1. The first-order chi connectivity index (χ1) is 11.7. The monoisotopic (exact) mass is 398 g/mol. The van der Waals surface area contributed by atoms with Crippen molar-refractivity contribution in [3.63, 3.8) is 0 Å². The molecule has 1 aromatic rings. The Morgan fingerprint density at radius 3 is 2.60 bits per heavy atom. The van der Waals surface area contributed by atoms with Crippen molar-refractivity contribution in [2.75, 3.05) is 33.4 Å². The molecule has 1 aliphatic rings. The molecule has 142 valence electrons. The van der Waals surface area contributed by atoms with Gasteiger partial charge in [-0.25, -0.2) is 13.1 Å². The summed E-state index contributed by atoms with van der Waals surface area (Å²) in [4.78, 5) is 2.05. The molecule has 0 unspecified atom stereocenters. The summed E-state index contributed by atoms with van der Waals surface area (Å²) < 4.78 is 69.5. The van der Waals surface area contributed by atoms with Gasteiger partial charge in [-0.2, -0.15) is 13.2 Å². The second-order valence-electron chi connectivity index (χ2n) is 5.77. The van der Waals surface area contributed by atoms with Crippen LogP contribution in [0.5, 0.6) is 0 Å². The van der Waals surface area contributed by atoms with Gasteiger partial charge in [0.05, 0.1) is 11.5 Å². The van der Waals surface area contributed by atoms with E-state index in [1.807, 2.05) is 0 Å². The van der Waals surface area contributed by atoms with E-state index in [4.69, 9.17) is 4.74 Å². The van der Waals surface area contributed by atoms with Crippen LogP contribution >= 0.6 is 11.8 Å². The van der Waals surface area contributed by atoms with Crippen LogP contribution < -0.4 is 4.72 Å². The van der Waals surface area contributed by atoms with Crippen molar-refractivity contribution >= 4 is 21.8 Å². The Bertz CT molecular complexity index is 651. The minimum absolute atomic E-state index is 0.0342. The van der Waals surface area contributed by atoms with Gasteiger partial charge in [-0.1, -0.05) is 0 Å². The molecule has 0 saturated carbocycles. The van der Waals surface area contributed by atoms with Gasteiger partial charge < -0.3 is 4.74 Å². The number of ether oxygens (including phenoxy) is 1. The Balaban J connectivity index is 1.98. The van der Waals surface area contributed by atoms with E-state index in [2.05, 4.69) is 9.62 Å². The van der Waals surface area contributed by atoms with Crippen molar-refractivity contribution in [3.8, 4) is 0 Å².